The average molecular weight is 652 g/mol. The number of rotatable bonds is 7. The van der Waals surface area contributed by atoms with E-state index >= 15 is 0 Å². The minimum atomic E-state index is -0.392. The molecule has 6 heteroatoms. The summed E-state index contributed by atoms with van der Waals surface area (Å²) in [6, 6.07) is 24.3. The van der Waals surface area contributed by atoms with Gasteiger partial charge in [0.15, 0.2) is 0 Å². The van der Waals surface area contributed by atoms with Gasteiger partial charge in [0.25, 0.3) is 0 Å². The maximum absolute atomic E-state index is 13.3. The number of carbonyl (C=O) groups is 1. The molecule has 0 unspecified atom stereocenters. The average Bonchev–Trinajstić information content (AvgIpc) is 2.97. The van der Waals surface area contributed by atoms with Crippen LogP contribution in [0.25, 0.3) is 0 Å². The van der Waals surface area contributed by atoms with E-state index in [1.807, 2.05) is 41.3 Å². The molecule has 3 aromatic carbocycles. The zero-order valence-electron chi connectivity index (χ0n) is 18.1. The van der Waals surface area contributed by atoms with Crippen LogP contribution in [0.3, 0.4) is 0 Å². The summed E-state index contributed by atoms with van der Waals surface area (Å²) in [6.45, 7) is 5.29. The molecule has 1 aliphatic rings. The normalized spacial score (nSPS) is 17.6. The largest absolute Gasteiger partial charge is 0.487 e. The van der Waals surface area contributed by atoms with E-state index in [0.717, 1.165) is 29.6 Å². The highest BCUT2D eigenvalue weighted by Gasteiger charge is 2.43. The Balaban J connectivity index is 1.46. The van der Waals surface area contributed by atoms with Gasteiger partial charge < -0.3 is 9.64 Å². The second-order valence-corrected chi connectivity index (χ2v) is 10.9. The molecule has 0 aliphatic carbocycles. The van der Waals surface area contributed by atoms with Crippen LogP contribution < -0.4 is 10.1 Å². The lowest BCUT2D eigenvalue weighted by Gasteiger charge is -2.31. The second-order valence-electron chi connectivity index (χ2n) is 8.53. The third-order valence-corrected chi connectivity index (χ3v) is 7.28. The third-order valence-electron chi connectivity index (χ3n) is 5.67. The number of carbonyl (C=O) groups excluding carboxylic acids is 1. The predicted octanol–water partition coefficient (Wildman–Crippen LogP) is 5.75. The molecule has 1 aliphatic heterocycles. The summed E-state index contributed by atoms with van der Waals surface area (Å²) < 4.78 is 8.23. The van der Waals surface area contributed by atoms with Crippen LogP contribution in [0.4, 0.5) is 0 Å². The first kappa shape index (κ1) is 23.5. The van der Waals surface area contributed by atoms with Crippen molar-refractivity contribution < 1.29 is 9.53 Å². The van der Waals surface area contributed by atoms with Crippen molar-refractivity contribution in [2.45, 2.75) is 45.1 Å². The Bertz CT molecular complexity index is 1060. The zero-order chi connectivity index (χ0) is 22.7. The highest BCUT2D eigenvalue weighted by Crippen LogP contribution is 2.32. The summed E-state index contributed by atoms with van der Waals surface area (Å²) >= 11 is 4.65. The lowest BCUT2D eigenvalue weighted by molar-refractivity contribution is -0.132. The van der Waals surface area contributed by atoms with Gasteiger partial charge in [-0.05, 0) is 94.3 Å². The molecule has 1 fully saturated rings. The first-order chi connectivity index (χ1) is 15.3. The van der Waals surface area contributed by atoms with Crippen LogP contribution in [0.15, 0.2) is 72.8 Å². The van der Waals surface area contributed by atoms with Gasteiger partial charge in [-0.2, -0.15) is 0 Å². The van der Waals surface area contributed by atoms with Gasteiger partial charge in [0, 0.05) is 6.54 Å². The Morgan fingerprint density at radius 1 is 0.906 bits per heavy atom. The van der Waals surface area contributed by atoms with Crippen molar-refractivity contribution in [3.8, 4) is 5.75 Å². The molecular weight excluding hydrogens is 626 g/mol. The Kier molecular flexibility index (Phi) is 7.41. The van der Waals surface area contributed by atoms with Crippen molar-refractivity contribution in [1.29, 1.82) is 0 Å². The van der Waals surface area contributed by atoms with E-state index in [4.69, 9.17) is 4.74 Å². The molecule has 166 valence electrons. The monoisotopic (exact) mass is 652 g/mol. The fourth-order valence-electron chi connectivity index (χ4n) is 4.04. The molecule has 0 bridgehead atoms. The van der Waals surface area contributed by atoms with Crippen LogP contribution in [-0.2, 0) is 24.4 Å². The molecule has 0 radical (unpaired) electrons. The fraction of sp³-hybridized carbons (Fsp3) is 0.269. The van der Waals surface area contributed by atoms with Gasteiger partial charge in [0.1, 0.15) is 12.4 Å². The second kappa shape index (κ2) is 10.1. The number of hydrogen-bond acceptors (Lipinski definition) is 3. The van der Waals surface area contributed by atoms with Crippen molar-refractivity contribution >= 4 is 51.1 Å². The summed E-state index contributed by atoms with van der Waals surface area (Å²) in [5.74, 6) is 1.05. The molecule has 1 amide bonds. The van der Waals surface area contributed by atoms with Gasteiger partial charge in [-0.15, -0.1) is 0 Å². The number of nitrogens with zero attached hydrogens (tertiary/aromatic N) is 1. The van der Waals surface area contributed by atoms with Crippen LogP contribution in [0.5, 0.6) is 5.75 Å². The lowest BCUT2D eigenvalue weighted by Crippen LogP contribution is -2.46. The number of halogens is 2. The van der Waals surface area contributed by atoms with E-state index in [-0.39, 0.29) is 11.9 Å². The van der Waals surface area contributed by atoms with Gasteiger partial charge in [0.05, 0.1) is 18.8 Å². The van der Waals surface area contributed by atoms with Gasteiger partial charge >= 0.3 is 0 Å². The SMILES string of the molecule is CC1(C)N[C@@H](Cc2cc(I)c(OCc3ccccc3)c(I)c2)C(=O)N1Cc1ccccc1. The predicted molar refractivity (Wildman–Crippen MR) is 144 cm³/mol. The minimum absolute atomic E-state index is 0.147. The highest BCUT2D eigenvalue weighted by atomic mass is 127. The van der Waals surface area contributed by atoms with E-state index in [1.165, 1.54) is 0 Å². The van der Waals surface area contributed by atoms with Crippen molar-refractivity contribution in [2.24, 2.45) is 0 Å². The van der Waals surface area contributed by atoms with Crippen LogP contribution in [0.2, 0.25) is 0 Å². The van der Waals surface area contributed by atoms with Gasteiger partial charge in [0.2, 0.25) is 5.91 Å². The van der Waals surface area contributed by atoms with Crippen LogP contribution in [-0.4, -0.2) is 22.5 Å². The van der Waals surface area contributed by atoms with Crippen molar-refractivity contribution in [3.63, 3.8) is 0 Å². The molecule has 4 rings (SSSR count). The van der Waals surface area contributed by atoms with E-state index in [2.05, 4.69) is 101 Å². The molecule has 0 spiro atoms. The summed E-state index contributed by atoms with van der Waals surface area (Å²) in [6.07, 6.45) is 0.651. The lowest BCUT2D eigenvalue weighted by atomic mass is 10.1. The molecule has 1 atom stereocenters. The number of amides is 1. The smallest absolute Gasteiger partial charge is 0.241 e. The van der Waals surface area contributed by atoms with Crippen LogP contribution in [0, 0.1) is 7.14 Å². The Morgan fingerprint density at radius 3 is 2.06 bits per heavy atom. The molecular formula is C26H26I2N2O2. The maximum Gasteiger partial charge on any atom is 0.241 e. The van der Waals surface area contributed by atoms with Crippen molar-refractivity contribution in [2.75, 3.05) is 0 Å². The van der Waals surface area contributed by atoms with Crippen molar-refractivity contribution in [1.82, 2.24) is 10.2 Å². The van der Waals surface area contributed by atoms with Crippen molar-refractivity contribution in [3.05, 3.63) is 96.6 Å². The third kappa shape index (κ3) is 5.46. The van der Waals surface area contributed by atoms with E-state index in [1.54, 1.807) is 0 Å². The highest BCUT2D eigenvalue weighted by molar-refractivity contribution is 14.1. The summed E-state index contributed by atoms with van der Waals surface area (Å²) in [7, 11) is 0. The fourth-order valence-corrected chi connectivity index (χ4v) is 6.25. The summed E-state index contributed by atoms with van der Waals surface area (Å²) in [4.78, 5) is 15.2. The van der Waals surface area contributed by atoms with Crippen LogP contribution >= 0.6 is 45.2 Å². The Labute approximate surface area is 217 Å². The Morgan fingerprint density at radius 2 is 1.47 bits per heavy atom. The molecule has 3 aromatic rings. The molecule has 4 nitrogen and oxygen atoms in total. The molecule has 32 heavy (non-hydrogen) atoms. The first-order valence-electron chi connectivity index (χ1n) is 10.6. The van der Waals surface area contributed by atoms with Gasteiger partial charge in [-0.1, -0.05) is 60.7 Å². The molecule has 1 heterocycles. The molecule has 1 N–H and O–H groups in total. The first-order valence-corrected chi connectivity index (χ1v) is 12.8. The molecule has 0 saturated carbocycles. The quantitative estimate of drug-likeness (QED) is 0.331. The number of hydrogen-bond donors (Lipinski definition) is 1. The van der Waals surface area contributed by atoms with Gasteiger partial charge in [-0.3, -0.25) is 10.1 Å². The zero-order valence-corrected chi connectivity index (χ0v) is 22.5. The molecule has 0 aromatic heterocycles. The summed E-state index contributed by atoms with van der Waals surface area (Å²) in [5.41, 5.74) is 3.02. The van der Waals surface area contributed by atoms with E-state index in [0.29, 0.717) is 19.6 Å². The number of ether oxygens (including phenoxy) is 1. The molecule has 1 saturated heterocycles. The van der Waals surface area contributed by atoms with Crippen LogP contribution in [0.1, 0.15) is 30.5 Å². The number of benzene rings is 3. The van der Waals surface area contributed by atoms with E-state index in [9.17, 15) is 4.79 Å². The minimum Gasteiger partial charge on any atom is -0.487 e. The number of nitrogens with one attached hydrogen (secondary N) is 1. The topological polar surface area (TPSA) is 41.6 Å². The Hall–Kier alpha value is -1.65. The standard InChI is InChI=1S/C26H26I2N2O2/c1-26(2)29-23(25(31)30(26)16-18-9-5-3-6-10-18)15-20-13-21(27)24(22(28)14-20)32-17-19-11-7-4-8-12-19/h3-14,23,29H,15-17H2,1-2H3/t23-/m0/s1. The van der Waals surface area contributed by atoms with E-state index < -0.39 is 5.66 Å². The van der Waals surface area contributed by atoms with Gasteiger partial charge in [-0.25, -0.2) is 0 Å². The summed E-state index contributed by atoms with van der Waals surface area (Å²) in [5, 5.41) is 3.54. The maximum atomic E-state index is 13.3.